The molecule has 0 aliphatic heterocycles. The number of carboxylic acids is 1. The summed E-state index contributed by atoms with van der Waals surface area (Å²) >= 11 is 0. The number of hydrogen-bond donors (Lipinski definition) is 2. The van der Waals surface area contributed by atoms with Crippen molar-refractivity contribution in [1.29, 1.82) is 0 Å². The molecule has 0 spiro atoms. The molecule has 3 rings (SSSR count). The summed E-state index contributed by atoms with van der Waals surface area (Å²) in [7, 11) is -3.57. The lowest BCUT2D eigenvalue weighted by Gasteiger charge is -2.08. The summed E-state index contributed by atoms with van der Waals surface area (Å²) in [6, 6.07) is 20.0. The van der Waals surface area contributed by atoms with Gasteiger partial charge in [-0.15, -0.1) is 0 Å². The minimum Gasteiger partial charge on any atom is -0.478 e. The highest BCUT2D eigenvalue weighted by molar-refractivity contribution is 7.89. The number of nitrogens with one attached hydrogen (secondary N) is 1. The Labute approximate surface area is 158 Å². The molecule has 0 aliphatic carbocycles. The maximum Gasteiger partial charge on any atom is 0.328 e. The van der Waals surface area contributed by atoms with Crippen LogP contribution in [-0.4, -0.2) is 26.0 Å². The summed E-state index contributed by atoms with van der Waals surface area (Å²) in [5, 5.41) is 10.5. The minimum absolute atomic E-state index is 0.246. The van der Waals surface area contributed by atoms with E-state index >= 15 is 0 Å². The van der Waals surface area contributed by atoms with E-state index in [0.29, 0.717) is 6.42 Å². The van der Waals surface area contributed by atoms with Gasteiger partial charge in [-0.25, -0.2) is 17.9 Å². The summed E-state index contributed by atoms with van der Waals surface area (Å²) in [4.78, 5) is 10.8. The second-order valence-corrected chi connectivity index (χ2v) is 7.84. The second-order valence-electron chi connectivity index (χ2n) is 6.07. The standard InChI is InChI=1S/C21H19NO4S/c23-21(24)12-9-16-5-7-17(8-6-16)13-14-22-27(25,26)20-11-10-18-3-1-2-4-19(18)15-20/h1-12,15,22H,13-14H2,(H,23,24). The van der Waals surface area contributed by atoms with Crippen LogP contribution in [0.5, 0.6) is 0 Å². The molecule has 0 saturated carbocycles. The normalized spacial score (nSPS) is 11.9. The van der Waals surface area contributed by atoms with Gasteiger partial charge in [0, 0.05) is 12.6 Å². The first-order chi connectivity index (χ1) is 12.9. The number of aliphatic carboxylic acids is 1. The Morgan fingerprint density at radius 1 is 0.963 bits per heavy atom. The van der Waals surface area contributed by atoms with Crippen LogP contribution in [0, 0.1) is 0 Å². The van der Waals surface area contributed by atoms with Gasteiger partial charge in [0.1, 0.15) is 0 Å². The second kappa shape index (κ2) is 8.16. The fourth-order valence-electron chi connectivity index (χ4n) is 2.71. The van der Waals surface area contributed by atoms with Gasteiger partial charge in [0.05, 0.1) is 4.90 Å². The Morgan fingerprint density at radius 2 is 1.67 bits per heavy atom. The zero-order chi connectivity index (χ0) is 19.3. The molecule has 0 heterocycles. The van der Waals surface area contributed by atoms with E-state index in [2.05, 4.69) is 4.72 Å². The van der Waals surface area contributed by atoms with Gasteiger partial charge in [0.2, 0.25) is 10.0 Å². The lowest BCUT2D eigenvalue weighted by atomic mass is 10.1. The Bertz CT molecular complexity index is 1090. The third-order valence-corrected chi connectivity index (χ3v) is 5.59. The molecule has 0 aliphatic rings. The van der Waals surface area contributed by atoms with Gasteiger partial charge in [-0.05, 0) is 46.5 Å². The largest absolute Gasteiger partial charge is 0.478 e. The first-order valence-corrected chi connectivity index (χ1v) is 9.91. The smallest absolute Gasteiger partial charge is 0.328 e. The van der Waals surface area contributed by atoms with Crippen molar-refractivity contribution < 1.29 is 18.3 Å². The van der Waals surface area contributed by atoms with Crippen molar-refractivity contribution in [2.45, 2.75) is 11.3 Å². The van der Waals surface area contributed by atoms with Gasteiger partial charge in [-0.1, -0.05) is 54.6 Å². The highest BCUT2D eigenvalue weighted by atomic mass is 32.2. The fraction of sp³-hybridized carbons (Fsp3) is 0.0952. The number of sulfonamides is 1. The lowest BCUT2D eigenvalue weighted by Crippen LogP contribution is -2.26. The van der Waals surface area contributed by atoms with Crippen LogP contribution in [0.1, 0.15) is 11.1 Å². The van der Waals surface area contributed by atoms with E-state index in [4.69, 9.17) is 5.11 Å². The Morgan fingerprint density at radius 3 is 2.37 bits per heavy atom. The van der Waals surface area contributed by atoms with E-state index < -0.39 is 16.0 Å². The molecule has 2 N–H and O–H groups in total. The quantitative estimate of drug-likeness (QED) is 0.614. The van der Waals surface area contributed by atoms with Gasteiger partial charge in [-0.2, -0.15) is 0 Å². The van der Waals surface area contributed by atoms with Gasteiger partial charge in [-0.3, -0.25) is 0 Å². The van der Waals surface area contributed by atoms with Crippen molar-refractivity contribution in [3.8, 4) is 0 Å². The number of benzene rings is 3. The van der Waals surface area contributed by atoms with Crippen molar-refractivity contribution in [2.75, 3.05) is 6.54 Å². The molecule has 0 amide bonds. The number of carboxylic acid groups (broad SMARTS) is 1. The van der Waals surface area contributed by atoms with E-state index in [-0.39, 0.29) is 11.4 Å². The van der Waals surface area contributed by atoms with E-state index in [1.807, 2.05) is 36.4 Å². The van der Waals surface area contributed by atoms with Gasteiger partial charge < -0.3 is 5.11 Å². The molecule has 0 fully saturated rings. The molecule has 138 valence electrons. The number of rotatable bonds is 7. The Balaban J connectivity index is 1.62. The lowest BCUT2D eigenvalue weighted by molar-refractivity contribution is -0.131. The first-order valence-electron chi connectivity index (χ1n) is 8.42. The maximum absolute atomic E-state index is 12.5. The molecule has 0 saturated heterocycles. The molecule has 0 atom stereocenters. The third-order valence-electron chi connectivity index (χ3n) is 4.14. The topological polar surface area (TPSA) is 83.5 Å². The molecular weight excluding hydrogens is 362 g/mol. The van der Waals surface area contributed by atoms with Gasteiger partial charge in [0.25, 0.3) is 0 Å². The van der Waals surface area contributed by atoms with Gasteiger partial charge in [0.15, 0.2) is 0 Å². The molecule has 5 nitrogen and oxygen atoms in total. The first kappa shape index (κ1) is 18.8. The van der Waals surface area contributed by atoms with E-state index in [1.54, 1.807) is 30.3 Å². The zero-order valence-corrected chi connectivity index (χ0v) is 15.3. The van der Waals surface area contributed by atoms with Crippen molar-refractivity contribution in [2.24, 2.45) is 0 Å². The third kappa shape index (κ3) is 5.03. The predicted octanol–water partition coefficient (Wildman–Crippen LogP) is 3.46. The molecular formula is C21H19NO4S. The van der Waals surface area contributed by atoms with E-state index in [9.17, 15) is 13.2 Å². The van der Waals surface area contributed by atoms with Crippen LogP contribution in [0.4, 0.5) is 0 Å². The van der Waals surface area contributed by atoms with E-state index in [1.165, 1.54) is 6.08 Å². The van der Waals surface area contributed by atoms with Crippen molar-refractivity contribution in [1.82, 2.24) is 4.72 Å². The van der Waals surface area contributed by atoms with Crippen LogP contribution in [0.3, 0.4) is 0 Å². The van der Waals surface area contributed by atoms with Crippen LogP contribution in [0.15, 0.2) is 77.7 Å². The van der Waals surface area contributed by atoms with Crippen molar-refractivity contribution in [3.63, 3.8) is 0 Å². The minimum atomic E-state index is -3.57. The van der Waals surface area contributed by atoms with Crippen LogP contribution >= 0.6 is 0 Å². The molecule has 3 aromatic rings. The summed E-state index contributed by atoms with van der Waals surface area (Å²) in [5.41, 5.74) is 1.74. The zero-order valence-electron chi connectivity index (χ0n) is 14.5. The van der Waals surface area contributed by atoms with Gasteiger partial charge >= 0.3 is 5.97 Å². The Kier molecular flexibility index (Phi) is 5.69. The summed E-state index contributed by atoms with van der Waals surface area (Å²) < 4.78 is 27.6. The van der Waals surface area contributed by atoms with Crippen molar-refractivity contribution in [3.05, 3.63) is 83.9 Å². The monoisotopic (exact) mass is 381 g/mol. The van der Waals surface area contributed by atoms with Crippen LogP contribution in [0.25, 0.3) is 16.8 Å². The van der Waals surface area contributed by atoms with Crippen LogP contribution < -0.4 is 4.72 Å². The molecule has 0 unspecified atom stereocenters. The highest BCUT2D eigenvalue weighted by Gasteiger charge is 2.13. The van der Waals surface area contributed by atoms with Crippen LogP contribution in [-0.2, 0) is 21.2 Å². The average Bonchev–Trinajstić information content (AvgIpc) is 2.67. The maximum atomic E-state index is 12.5. The average molecular weight is 381 g/mol. The molecule has 3 aromatic carbocycles. The molecule has 0 aromatic heterocycles. The predicted molar refractivity (Wildman–Crippen MR) is 106 cm³/mol. The van der Waals surface area contributed by atoms with Crippen molar-refractivity contribution >= 4 is 32.8 Å². The Hall–Kier alpha value is -2.96. The number of fused-ring (bicyclic) bond motifs is 1. The number of hydrogen-bond acceptors (Lipinski definition) is 3. The molecule has 27 heavy (non-hydrogen) atoms. The summed E-state index contributed by atoms with van der Waals surface area (Å²) in [6.45, 7) is 0.277. The molecule has 6 heteroatoms. The summed E-state index contributed by atoms with van der Waals surface area (Å²) in [5.74, 6) is -0.998. The highest BCUT2D eigenvalue weighted by Crippen LogP contribution is 2.18. The fourth-order valence-corrected chi connectivity index (χ4v) is 3.78. The van der Waals surface area contributed by atoms with E-state index in [0.717, 1.165) is 28.0 Å². The van der Waals surface area contributed by atoms with Crippen LogP contribution in [0.2, 0.25) is 0 Å². The molecule has 0 radical (unpaired) electrons. The number of carbonyl (C=O) groups is 1. The molecule has 0 bridgehead atoms. The summed E-state index contributed by atoms with van der Waals surface area (Å²) in [6.07, 6.45) is 3.12. The SMILES string of the molecule is O=C(O)C=Cc1ccc(CCNS(=O)(=O)c2ccc3ccccc3c2)cc1.